The third-order valence-corrected chi connectivity index (χ3v) is 4.36. The molecule has 2 rings (SSSR count). The lowest BCUT2D eigenvalue weighted by molar-refractivity contribution is -0.140. The van der Waals surface area contributed by atoms with E-state index in [1.165, 1.54) is 0 Å². The van der Waals surface area contributed by atoms with Gasteiger partial charge in [0.25, 0.3) is 0 Å². The highest BCUT2D eigenvalue weighted by Crippen LogP contribution is 2.20. The second kappa shape index (κ2) is 14.9. The number of benzene rings is 2. The van der Waals surface area contributed by atoms with Crippen molar-refractivity contribution in [3.05, 3.63) is 78.9 Å². The Morgan fingerprint density at radius 2 is 1.29 bits per heavy atom. The summed E-state index contributed by atoms with van der Waals surface area (Å²) in [6.45, 7) is 7.30. The number of rotatable bonds is 15. The number of aliphatic hydroxyl groups excluding tert-OH is 1. The highest BCUT2D eigenvalue weighted by Gasteiger charge is 2.10. The SMILES string of the molecule is C=CC(=O)OCCCOc1ccc(C(=O)Oc2ccc(OCCCOC(=O)C(=C)CO)cc2)cc1. The summed E-state index contributed by atoms with van der Waals surface area (Å²) in [6, 6.07) is 13.0. The van der Waals surface area contributed by atoms with Gasteiger partial charge in [0.05, 0.1) is 44.2 Å². The van der Waals surface area contributed by atoms with E-state index in [1.807, 2.05) is 0 Å². The minimum absolute atomic E-state index is 0.000952. The van der Waals surface area contributed by atoms with E-state index < -0.39 is 24.5 Å². The normalized spacial score (nSPS) is 10.1. The molecule has 0 aliphatic rings. The predicted octanol–water partition coefficient (Wildman–Crippen LogP) is 3.26. The van der Waals surface area contributed by atoms with Crippen LogP contribution in [0.5, 0.6) is 17.2 Å². The molecule has 186 valence electrons. The third-order valence-electron chi connectivity index (χ3n) is 4.36. The maximum absolute atomic E-state index is 12.4. The van der Waals surface area contributed by atoms with Gasteiger partial charge in [-0.1, -0.05) is 13.2 Å². The van der Waals surface area contributed by atoms with Crippen LogP contribution < -0.4 is 14.2 Å². The number of carbonyl (C=O) groups is 3. The summed E-state index contributed by atoms with van der Waals surface area (Å²) in [5.41, 5.74) is 0.358. The maximum atomic E-state index is 12.4. The first-order valence-electron chi connectivity index (χ1n) is 10.9. The van der Waals surface area contributed by atoms with Crippen molar-refractivity contribution >= 4 is 17.9 Å². The lowest BCUT2D eigenvalue weighted by Gasteiger charge is -2.09. The first kappa shape index (κ1) is 27.1. The van der Waals surface area contributed by atoms with Crippen LogP contribution in [-0.2, 0) is 19.1 Å². The van der Waals surface area contributed by atoms with Crippen LogP contribution in [0.3, 0.4) is 0 Å². The van der Waals surface area contributed by atoms with Crippen LogP contribution in [0.15, 0.2) is 73.3 Å². The zero-order valence-corrected chi connectivity index (χ0v) is 19.3. The Labute approximate surface area is 203 Å². The Hall–Kier alpha value is -4.11. The van der Waals surface area contributed by atoms with Gasteiger partial charge in [0, 0.05) is 18.9 Å². The van der Waals surface area contributed by atoms with Crippen LogP contribution in [0.1, 0.15) is 23.2 Å². The van der Waals surface area contributed by atoms with Gasteiger partial charge in [-0.25, -0.2) is 14.4 Å². The van der Waals surface area contributed by atoms with Crippen LogP contribution in [0.4, 0.5) is 0 Å². The summed E-state index contributed by atoms with van der Waals surface area (Å²) in [6.07, 6.45) is 2.09. The summed E-state index contributed by atoms with van der Waals surface area (Å²) in [5, 5.41) is 8.80. The zero-order chi connectivity index (χ0) is 25.5. The van der Waals surface area contributed by atoms with Gasteiger partial charge in [-0.3, -0.25) is 0 Å². The second-order valence-corrected chi connectivity index (χ2v) is 7.06. The molecule has 0 unspecified atom stereocenters. The minimum Gasteiger partial charge on any atom is -0.493 e. The fourth-order valence-electron chi connectivity index (χ4n) is 2.52. The Morgan fingerprint density at radius 3 is 1.83 bits per heavy atom. The molecular weight excluding hydrogens is 456 g/mol. The fourth-order valence-corrected chi connectivity index (χ4v) is 2.52. The van der Waals surface area contributed by atoms with Gasteiger partial charge in [0.15, 0.2) is 0 Å². The van der Waals surface area contributed by atoms with Gasteiger partial charge in [-0.2, -0.15) is 0 Å². The van der Waals surface area contributed by atoms with Crippen molar-refractivity contribution in [3.8, 4) is 17.2 Å². The number of ether oxygens (including phenoxy) is 5. The summed E-state index contributed by atoms with van der Waals surface area (Å²) < 4.78 is 26.2. The quantitative estimate of drug-likeness (QED) is 0.176. The van der Waals surface area contributed by atoms with E-state index in [-0.39, 0.29) is 18.8 Å². The number of esters is 3. The molecule has 9 nitrogen and oxygen atoms in total. The van der Waals surface area contributed by atoms with Gasteiger partial charge in [0.2, 0.25) is 0 Å². The molecular formula is C26H28O9. The van der Waals surface area contributed by atoms with Crippen LogP contribution in [-0.4, -0.2) is 56.0 Å². The highest BCUT2D eigenvalue weighted by molar-refractivity contribution is 5.91. The van der Waals surface area contributed by atoms with E-state index in [9.17, 15) is 14.4 Å². The molecule has 0 spiro atoms. The van der Waals surface area contributed by atoms with Gasteiger partial charge in [-0.05, 0) is 48.5 Å². The first-order valence-corrected chi connectivity index (χ1v) is 10.9. The van der Waals surface area contributed by atoms with Crippen molar-refractivity contribution in [1.82, 2.24) is 0 Å². The Kier molecular flexibility index (Phi) is 11.6. The molecule has 2 aromatic rings. The summed E-state index contributed by atoms with van der Waals surface area (Å²) >= 11 is 0. The number of carbonyl (C=O) groups excluding carboxylic acids is 3. The van der Waals surface area contributed by atoms with Crippen LogP contribution in [0.2, 0.25) is 0 Å². The molecule has 0 aliphatic heterocycles. The molecule has 0 aromatic heterocycles. The average Bonchev–Trinajstić information content (AvgIpc) is 2.88. The summed E-state index contributed by atoms with van der Waals surface area (Å²) in [4.78, 5) is 34.7. The van der Waals surface area contributed by atoms with Crippen LogP contribution in [0, 0.1) is 0 Å². The molecule has 9 heteroatoms. The van der Waals surface area contributed by atoms with Crippen molar-refractivity contribution in [2.24, 2.45) is 0 Å². The lowest BCUT2D eigenvalue weighted by Crippen LogP contribution is -2.12. The van der Waals surface area contributed by atoms with Gasteiger partial charge < -0.3 is 28.8 Å². The van der Waals surface area contributed by atoms with Gasteiger partial charge >= 0.3 is 17.9 Å². The minimum atomic E-state index is -0.635. The standard InChI is InChI=1S/C26H28O9/c1-3-24(28)33-16-4-14-31-21-8-6-20(7-9-21)26(30)35-23-12-10-22(11-13-23)32-15-5-17-34-25(29)19(2)18-27/h3,6-13,27H,1-2,4-5,14-18H2. The maximum Gasteiger partial charge on any atom is 0.343 e. The molecule has 0 amide bonds. The number of hydrogen-bond acceptors (Lipinski definition) is 9. The molecule has 2 aromatic carbocycles. The first-order chi connectivity index (χ1) is 16.9. The highest BCUT2D eigenvalue weighted by atomic mass is 16.5. The molecule has 0 saturated carbocycles. The largest absolute Gasteiger partial charge is 0.493 e. The van der Waals surface area contributed by atoms with E-state index in [0.717, 1.165) is 6.08 Å². The fraction of sp³-hybridized carbons (Fsp3) is 0.269. The molecule has 0 aliphatic carbocycles. The third kappa shape index (κ3) is 10.1. The molecule has 0 fully saturated rings. The van der Waals surface area contributed by atoms with Crippen molar-refractivity contribution in [2.75, 3.05) is 33.0 Å². The Balaban J connectivity index is 1.69. The molecule has 0 atom stereocenters. The molecule has 1 N–H and O–H groups in total. The van der Waals surface area contributed by atoms with Crippen LogP contribution in [0.25, 0.3) is 0 Å². The Bertz CT molecular complexity index is 994. The lowest BCUT2D eigenvalue weighted by atomic mass is 10.2. The smallest absolute Gasteiger partial charge is 0.343 e. The summed E-state index contributed by atoms with van der Waals surface area (Å²) in [7, 11) is 0. The predicted molar refractivity (Wildman–Crippen MR) is 126 cm³/mol. The van der Waals surface area contributed by atoms with Crippen molar-refractivity contribution in [3.63, 3.8) is 0 Å². The van der Waals surface area contributed by atoms with E-state index >= 15 is 0 Å². The molecule has 0 radical (unpaired) electrons. The van der Waals surface area contributed by atoms with Gasteiger partial charge in [-0.15, -0.1) is 0 Å². The van der Waals surface area contributed by atoms with Crippen molar-refractivity contribution in [1.29, 1.82) is 0 Å². The zero-order valence-electron chi connectivity index (χ0n) is 19.3. The van der Waals surface area contributed by atoms with E-state index in [4.69, 9.17) is 28.8 Å². The number of aliphatic hydroxyl groups is 1. The van der Waals surface area contributed by atoms with Crippen molar-refractivity contribution < 1.29 is 43.2 Å². The molecule has 35 heavy (non-hydrogen) atoms. The molecule has 0 bridgehead atoms. The van der Waals surface area contributed by atoms with E-state index in [0.29, 0.717) is 48.9 Å². The van der Waals surface area contributed by atoms with E-state index in [1.54, 1.807) is 48.5 Å². The van der Waals surface area contributed by atoms with Gasteiger partial charge in [0.1, 0.15) is 17.2 Å². The molecule has 0 heterocycles. The average molecular weight is 485 g/mol. The monoisotopic (exact) mass is 484 g/mol. The Morgan fingerprint density at radius 1 is 0.771 bits per heavy atom. The van der Waals surface area contributed by atoms with Crippen LogP contribution >= 0.6 is 0 Å². The van der Waals surface area contributed by atoms with Crippen molar-refractivity contribution in [2.45, 2.75) is 12.8 Å². The topological polar surface area (TPSA) is 118 Å². The molecule has 0 saturated heterocycles. The van der Waals surface area contributed by atoms with E-state index in [2.05, 4.69) is 13.2 Å². The summed E-state index contributed by atoms with van der Waals surface area (Å²) in [5.74, 6) is -0.134. The number of hydrogen-bond donors (Lipinski definition) is 1. The second-order valence-electron chi connectivity index (χ2n) is 7.06.